The van der Waals surface area contributed by atoms with Crippen molar-refractivity contribution in [2.24, 2.45) is 0 Å². The van der Waals surface area contributed by atoms with E-state index in [1.165, 1.54) is 0 Å². The van der Waals surface area contributed by atoms with Crippen molar-refractivity contribution in [2.75, 3.05) is 6.61 Å². The highest BCUT2D eigenvalue weighted by molar-refractivity contribution is 6.30. The first-order chi connectivity index (χ1) is 9.56. The molecular formula is C15H17ClN2O2. The molecule has 1 aromatic carbocycles. The summed E-state index contributed by atoms with van der Waals surface area (Å²) in [6, 6.07) is 5.03. The monoisotopic (exact) mass is 292 g/mol. The third-order valence-electron chi connectivity index (χ3n) is 3.03. The van der Waals surface area contributed by atoms with E-state index in [9.17, 15) is 5.11 Å². The minimum absolute atomic E-state index is 0.101. The lowest BCUT2D eigenvalue weighted by Crippen LogP contribution is -2.00. The Kier molecular flexibility index (Phi) is 4.45. The van der Waals surface area contributed by atoms with Gasteiger partial charge in [0.15, 0.2) is 17.3 Å². The largest absolute Gasteiger partial charge is 0.504 e. The van der Waals surface area contributed by atoms with Gasteiger partial charge in [-0.25, -0.2) is 9.97 Å². The van der Waals surface area contributed by atoms with E-state index >= 15 is 0 Å². The number of halogens is 1. The van der Waals surface area contributed by atoms with Crippen LogP contribution in [-0.4, -0.2) is 21.7 Å². The predicted molar refractivity (Wildman–Crippen MR) is 79.4 cm³/mol. The molecular weight excluding hydrogens is 276 g/mol. The normalized spacial score (nSPS) is 10.6. The van der Waals surface area contributed by atoms with Gasteiger partial charge in [-0.15, -0.1) is 0 Å². The Balaban J connectivity index is 2.49. The number of phenolic OH excluding ortho intramolecular Hbond substituents is 1. The summed E-state index contributed by atoms with van der Waals surface area (Å²) < 4.78 is 5.37. The van der Waals surface area contributed by atoms with Gasteiger partial charge in [0, 0.05) is 16.8 Å². The molecule has 4 nitrogen and oxygen atoms in total. The molecule has 2 aromatic rings. The maximum absolute atomic E-state index is 9.71. The highest BCUT2D eigenvalue weighted by Gasteiger charge is 2.12. The van der Waals surface area contributed by atoms with Crippen LogP contribution < -0.4 is 4.74 Å². The number of hydrogen-bond acceptors (Lipinski definition) is 4. The topological polar surface area (TPSA) is 55.2 Å². The summed E-state index contributed by atoms with van der Waals surface area (Å²) in [6.45, 7) is 6.27. The number of rotatable bonds is 4. The van der Waals surface area contributed by atoms with E-state index < -0.39 is 0 Å². The fourth-order valence-electron chi connectivity index (χ4n) is 2.02. The van der Waals surface area contributed by atoms with Gasteiger partial charge in [-0.1, -0.05) is 18.5 Å². The van der Waals surface area contributed by atoms with Crippen LogP contribution in [0.3, 0.4) is 0 Å². The Morgan fingerprint density at radius 2 is 2.00 bits per heavy atom. The van der Waals surface area contributed by atoms with Crippen molar-refractivity contribution in [1.29, 1.82) is 0 Å². The number of aromatic hydroxyl groups is 1. The Bertz CT molecular complexity index is 606. The molecule has 5 heteroatoms. The first-order valence-electron chi connectivity index (χ1n) is 6.56. The molecule has 0 aliphatic rings. The minimum Gasteiger partial charge on any atom is -0.504 e. The van der Waals surface area contributed by atoms with E-state index in [-0.39, 0.29) is 5.75 Å². The van der Waals surface area contributed by atoms with E-state index in [0.29, 0.717) is 23.3 Å². The van der Waals surface area contributed by atoms with E-state index in [1.807, 2.05) is 20.8 Å². The number of nitrogens with zero attached hydrogens (tertiary/aromatic N) is 2. The van der Waals surface area contributed by atoms with Gasteiger partial charge in [-0.3, -0.25) is 0 Å². The Morgan fingerprint density at radius 1 is 1.25 bits per heavy atom. The molecule has 0 aliphatic carbocycles. The van der Waals surface area contributed by atoms with Gasteiger partial charge in [0.2, 0.25) is 0 Å². The summed E-state index contributed by atoms with van der Waals surface area (Å²) in [5.74, 6) is 1.05. The zero-order valence-electron chi connectivity index (χ0n) is 11.8. The number of aryl methyl sites for hydroxylation is 1. The quantitative estimate of drug-likeness (QED) is 0.872. The van der Waals surface area contributed by atoms with E-state index in [2.05, 4.69) is 9.97 Å². The summed E-state index contributed by atoms with van der Waals surface area (Å²) in [5, 5.41) is 10.2. The highest BCUT2D eigenvalue weighted by Crippen LogP contribution is 2.31. The van der Waals surface area contributed by atoms with Crippen LogP contribution in [-0.2, 0) is 6.42 Å². The first-order valence-corrected chi connectivity index (χ1v) is 6.93. The predicted octanol–water partition coefficient (Wildman–Crippen LogP) is 3.77. The number of ether oxygens (including phenoxy) is 1. The van der Waals surface area contributed by atoms with Crippen LogP contribution in [0.2, 0.25) is 5.15 Å². The number of aromatic nitrogens is 2. The van der Waals surface area contributed by atoms with Crippen LogP contribution in [0.4, 0.5) is 0 Å². The molecule has 0 fully saturated rings. The molecule has 1 aromatic heterocycles. The fraction of sp³-hybridized carbons (Fsp3) is 0.333. The average Bonchev–Trinajstić information content (AvgIpc) is 2.41. The van der Waals surface area contributed by atoms with Crippen LogP contribution in [0.1, 0.15) is 25.1 Å². The molecule has 0 spiro atoms. The van der Waals surface area contributed by atoms with Crippen LogP contribution in [0.5, 0.6) is 11.5 Å². The Hall–Kier alpha value is -1.81. The second kappa shape index (κ2) is 6.09. The lowest BCUT2D eigenvalue weighted by atomic mass is 10.1. The molecule has 1 N–H and O–H groups in total. The second-order valence-corrected chi connectivity index (χ2v) is 4.73. The van der Waals surface area contributed by atoms with E-state index in [4.69, 9.17) is 16.3 Å². The molecule has 0 amide bonds. The molecule has 0 saturated heterocycles. The summed E-state index contributed by atoms with van der Waals surface area (Å²) in [7, 11) is 0. The molecule has 0 radical (unpaired) electrons. The first kappa shape index (κ1) is 14.6. The maximum Gasteiger partial charge on any atom is 0.161 e. The van der Waals surface area contributed by atoms with Crippen molar-refractivity contribution < 1.29 is 9.84 Å². The van der Waals surface area contributed by atoms with Crippen molar-refractivity contribution >= 4 is 11.6 Å². The molecule has 1 heterocycles. The molecule has 0 unspecified atom stereocenters. The zero-order chi connectivity index (χ0) is 14.7. The smallest absolute Gasteiger partial charge is 0.161 e. The van der Waals surface area contributed by atoms with Crippen LogP contribution in [0.25, 0.3) is 11.4 Å². The Labute approximate surface area is 123 Å². The van der Waals surface area contributed by atoms with Crippen molar-refractivity contribution in [3.63, 3.8) is 0 Å². The van der Waals surface area contributed by atoms with E-state index in [1.54, 1.807) is 18.2 Å². The maximum atomic E-state index is 9.71. The van der Waals surface area contributed by atoms with Crippen LogP contribution in [0, 0.1) is 6.92 Å². The van der Waals surface area contributed by atoms with Gasteiger partial charge in [0.1, 0.15) is 5.15 Å². The highest BCUT2D eigenvalue weighted by atomic mass is 35.5. The zero-order valence-corrected chi connectivity index (χ0v) is 12.5. The number of benzene rings is 1. The Morgan fingerprint density at radius 3 is 2.60 bits per heavy atom. The summed E-state index contributed by atoms with van der Waals surface area (Å²) >= 11 is 6.19. The SMILES string of the molecule is CCOc1cc(-c2nc(C)c(CC)c(Cl)n2)ccc1O. The summed E-state index contributed by atoms with van der Waals surface area (Å²) in [4.78, 5) is 8.80. The van der Waals surface area contributed by atoms with Crippen LogP contribution >= 0.6 is 11.6 Å². The third kappa shape index (κ3) is 2.85. The molecule has 0 aliphatic heterocycles. The summed E-state index contributed by atoms with van der Waals surface area (Å²) in [6.07, 6.45) is 0.796. The lowest BCUT2D eigenvalue weighted by Gasteiger charge is -2.10. The molecule has 20 heavy (non-hydrogen) atoms. The van der Waals surface area contributed by atoms with Crippen molar-refractivity contribution in [3.8, 4) is 22.9 Å². The molecule has 2 rings (SSSR count). The van der Waals surface area contributed by atoms with Crippen molar-refractivity contribution in [1.82, 2.24) is 9.97 Å². The second-order valence-electron chi connectivity index (χ2n) is 4.37. The van der Waals surface area contributed by atoms with Gasteiger partial charge in [-0.05, 0) is 38.5 Å². The van der Waals surface area contributed by atoms with Crippen molar-refractivity contribution in [2.45, 2.75) is 27.2 Å². The van der Waals surface area contributed by atoms with Gasteiger partial charge in [0.25, 0.3) is 0 Å². The van der Waals surface area contributed by atoms with Gasteiger partial charge in [-0.2, -0.15) is 0 Å². The third-order valence-corrected chi connectivity index (χ3v) is 3.35. The number of phenols is 1. The van der Waals surface area contributed by atoms with Gasteiger partial charge in [0.05, 0.1) is 6.61 Å². The minimum atomic E-state index is 0.101. The van der Waals surface area contributed by atoms with Gasteiger partial charge < -0.3 is 9.84 Å². The standard InChI is InChI=1S/C15H17ClN2O2/c1-4-11-9(3)17-15(18-14(11)16)10-6-7-12(19)13(8-10)20-5-2/h6-8,19H,4-5H2,1-3H3. The molecule has 106 valence electrons. The summed E-state index contributed by atoms with van der Waals surface area (Å²) in [5.41, 5.74) is 2.59. The number of hydrogen-bond donors (Lipinski definition) is 1. The molecule has 0 atom stereocenters. The lowest BCUT2D eigenvalue weighted by molar-refractivity contribution is 0.318. The average molecular weight is 293 g/mol. The van der Waals surface area contributed by atoms with E-state index in [0.717, 1.165) is 23.2 Å². The van der Waals surface area contributed by atoms with Gasteiger partial charge >= 0.3 is 0 Å². The molecule has 0 saturated carbocycles. The molecule has 0 bridgehead atoms. The van der Waals surface area contributed by atoms with Crippen LogP contribution in [0.15, 0.2) is 18.2 Å². The fourth-order valence-corrected chi connectivity index (χ4v) is 2.37. The van der Waals surface area contributed by atoms with Crippen molar-refractivity contribution in [3.05, 3.63) is 34.6 Å².